The van der Waals surface area contributed by atoms with E-state index >= 15 is 0 Å². The maximum absolute atomic E-state index is 12.8. The molecule has 7 heteroatoms. The van der Waals surface area contributed by atoms with E-state index in [1.54, 1.807) is 6.92 Å². The van der Waals surface area contributed by atoms with Crippen LogP contribution in [0.3, 0.4) is 0 Å². The summed E-state index contributed by atoms with van der Waals surface area (Å²) in [5.74, 6) is -0.655. The molecule has 0 aliphatic carbocycles. The Morgan fingerprint density at radius 2 is 2.33 bits per heavy atom. The van der Waals surface area contributed by atoms with Gasteiger partial charge < -0.3 is 4.74 Å². The first-order chi connectivity index (χ1) is 6.86. The van der Waals surface area contributed by atoms with Crippen molar-refractivity contribution in [3.8, 4) is 0 Å². The summed E-state index contributed by atoms with van der Waals surface area (Å²) in [6, 6.07) is 0. The molecular weight excluding hydrogens is 274 g/mol. The number of carbonyl (C=O) groups excluding carboxylic acids is 1. The monoisotopic (exact) mass is 282 g/mol. The Hall–Kier alpha value is -0.980. The minimum atomic E-state index is -3.30. The normalized spacial score (nSPS) is 11.5. The molecule has 1 aromatic rings. The van der Waals surface area contributed by atoms with E-state index < -0.39 is 10.9 Å². The predicted octanol–water partition coefficient (Wildman–Crippen LogP) is 2.27. The number of rotatable bonds is 3. The molecule has 4 nitrogen and oxygen atoms in total. The molecule has 1 rings (SSSR count). The minimum Gasteiger partial charge on any atom is -0.462 e. The molecule has 0 saturated carbocycles. The van der Waals surface area contributed by atoms with Crippen LogP contribution in [0.4, 0.5) is 8.78 Å². The van der Waals surface area contributed by atoms with Gasteiger partial charge in [0, 0.05) is 22.1 Å². The highest BCUT2D eigenvalue weighted by atomic mass is 79.9. The fourth-order valence-corrected chi connectivity index (χ4v) is 1.18. The van der Waals surface area contributed by atoms with Crippen molar-refractivity contribution in [3.63, 3.8) is 0 Å². The summed E-state index contributed by atoms with van der Waals surface area (Å²) < 4.78 is 30.6. The van der Waals surface area contributed by atoms with Gasteiger partial charge in [0.2, 0.25) is 0 Å². The van der Waals surface area contributed by atoms with Gasteiger partial charge in [0.25, 0.3) is 0 Å². The average Bonchev–Trinajstić information content (AvgIpc) is 2.47. The molecule has 0 aliphatic heterocycles. The smallest absolute Gasteiger partial charge is 0.401 e. The second-order valence-corrected chi connectivity index (χ2v) is 3.72. The van der Waals surface area contributed by atoms with E-state index in [4.69, 9.17) is 0 Å². The lowest BCUT2D eigenvalue weighted by molar-refractivity contribution is 0.0196. The summed E-state index contributed by atoms with van der Waals surface area (Å²) in [6.45, 7) is 3.28. The molecule has 0 fully saturated rings. The van der Waals surface area contributed by atoms with Crippen LogP contribution in [-0.2, 0) is 9.69 Å². The molecule has 84 valence electrons. The van der Waals surface area contributed by atoms with Gasteiger partial charge in [-0.3, -0.25) is 0 Å². The first-order valence-corrected chi connectivity index (χ1v) is 4.96. The van der Waals surface area contributed by atoms with Gasteiger partial charge in [0.1, 0.15) is 5.56 Å². The number of hydrogen-bond donors (Lipinski definition) is 0. The van der Waals surface area contributed by atoms with Crippen molar-refractivity contribution in [1.82, 2.24) is 9.78 Å². The third-order valence-electron chi connectivity index (χ3n) is 1.65. The van der Waals surface area contributed by atoms with Crippen LogP contribution in [0, 0.1) is 6.92 Å². The van der Waals surface area contributed by atoms with E-state index in [0.717, 1.165) is 6.20 Å². The zero-order chi connectivity index (χ0) is 11.6. The topological polar surface area (TPSA) is 44.1 Å². The van der Waals surface area contributed by atoms with Gasteiger partial charge in [-0.1, -0.05) is 0 Å². The highest BCUT2D eigenvalue weighted by Crippen LogP contribution is 2.28. The Kier molecular flexibility index (Phi) is 3.43. The summed E-state index contributed by atoms with van der Waals surface area (Å²) in [4.78, 5) is 7.97. The molecule has 0 saturated heterocycles. The molecule has 15 heavy (non-hydrogen) atoms. The number of aromatic nitrogens is 2. The highest BCUT2D eigenvalue weighted by Gasteiger charge is 2.30. The van der Waals surface area contributed by atoms with Gasteiger partial charge in [-0.2, -0.15) is 18.6 Å². The summed E-state index contributed by atoms with van der Waals surface area (Å²) in [5.41, 5.74) is 0.239. The van der Waals surface area contributed by atoms with Crippen LogP contribution < -0.4 is 0 Å². The number of hydrogen-bond acceptors (Lipinski definition) is 3. The molecule has 1 heterocycles. The number of carbonyl (C=O) groups is 1. The number of aryl methyl sites for hydroxylation is 1. The lowest BCUT2D eigenvalue weighted by Gasteiger charge is -2.06. The average molecular weight is 283 g/mol. The van der Waals surface area contributed by atoms with Crippen LogP contribution in [0.25, 0.3) is 0 Å². The zero-order valence-electron chi connectivity index (χ0n) is 8.13. The van der Waals surface area contributed by atoms with Crippen LogP contribution in [0.15, 0.2) is 6.20 Å². The zero-order valence-corrected chi connectivity index (χ0v) is 9.72. The van der Waals surface area contributed by atoms with Crippen molar-refractivity contribution in [2.24, 2.45) is 0 Å². The van der Waals surface area contributed by atoms with Crippen molar-refractivity contribution < 1.29 is 18.3 Å². The van der Waals surface area contributed by atoms with Crippen molar-refractivity contribution in [2.45, 2.75) is 18.8 Å². The third-order valence-corrected chi connectivity index (χ3v) is 2.02. The maximum atomic E-state index is 12.8. The van der Waals surface area contributed by atoms with E-state index in [9.17, 15) is 13.6 Å². The molecule has 0 bridgehead atoms. The standard InChI is InChI=1S/C8H9BrF2N2O2/c1-3-15-7(14)6-4-13(8(9,10)11)12-5(6)2/h4H,3H2,1-2H3. The first-order valence-electron chi connectivity index (χ1n) is 4.17. The van der Waals surface area contributed by atoms with E-state index in [1.165, 1.54) is 6.92 Å². The van der Waals surface area contributed by atoms with Crippen LogP contribution in [0.5, 0.6) is 0 Å². The van der Waals surface area contributed by atoms with Crippen molar-refractivity contribution in [2.75, 3.05) is 6.61 Å². The summed E-state index contributed by atoms with van der Waals surface area (Å²) in [6.07, 6.45) is 0.947. The summed E-state index contributed by atoms with van der Waals surface area (Å²) in [5, 5.41) is 3.50. The molecule has 0 spiro atoms. The Balaban J connectivity index is 3.02. The fourth-order valence-electron chi connectivity index (χ4n) is 0.999. The van der Waals surface area contributed by atoms with Gasteiger partial charge in [-0.15, -0.1) is 0 Å². The van der Waals surface area contributed by atoms with E-state index in [-0.39, 0.29) is 17.9 Å². The molecular formula is C8H9BrF2N2O2. The van der Waals surface area contributed by atoms with Gasteiger partial charge in [0.15, 0.2) is 0 Å². The molecule has 0 radical (unpaired) electrons. The quantitative estimate of drug-likeness (QED) is 0.631. The Morgan fingerprint density at radius 1 is 1.73 bits per heavy atom. The van der Waals surface area contributed by atoms with Crippen molar-refractivity contribution in [3.05, 3.63) is 17.5 Å². The lowest BCUT2D eigenvalue weighted by Crippen LogP contribution is -2.15. The predicted molar refractivity (Wildman–Crippen MR) is 52.0 cm³/mol. The summed E-state index contributed by atoms with van der Waals surface area (Å²) >= 11 is 2.14. The van der Waals surface area contributed by atoms with Gasteiger partial charge in [-0.25, -0.2) is 4.79 Å². The van der Waals surface area contributed by atoms with Crippen molar-refractivity contribution in [1.29, 1.82) is 0 Å². The van der Waals surface area contributed by atoms with Crippen LogP contribution in [-0.4, -0.2) is 22.4 Å². The largest absolute Gasteiger partial charge is 0.462 e. The molecule has 0 amide bonds. The molecule has 1 aromatic heterocycles. The number of nitrogens with zero attached hydrogens (tertiary/aromatic N) is 2. The molecule has 0 aromatic carbocycles. The molecule has 0 atom stereocenters. The van der Waals surface area contributed by atoms with Gasteiger partial charge in [0.05, 0.1) is 12.3 Å². The van der Waals surface area contributed by atoms with Gasteiger partial charge in [-0.05, 0) is 13.8 Å². The first kappa shape index (κ1) is 12.1. The number of halogens is 3. The Bertz CT molecular complexity index is 373. The van der Waals surface area contributed by atoms with Crippen LogP contribution in [0.2, 0.25) is 0 Å². The second-order valence-electron chi connectivity index (χ2n) is 2.76. The number of alkyl halides is 3. The Morgan fingerprint density at radius 3 is 2.73 bits per heavy atom. The van der Waals surface area contributed by atoms with Crippen LogP contribution in [0.1, 0.15) is 23.0 Å². The van der Waals surface area contributed by atoms with E-state index in [2.05, 4.69) is 25.8 Å². The SMILES string of the molecule is CCOC(=O)c1cn(C(F)(F)Br)nc1C. The Labute approximate surface area is 93.3 Å². The van der Waals surface area contributed by atoms with Gasteiger partial charge >= 0.3 is 10.9 Å². The maximum Gasteiger partial charge on any atom is 0.401 e. The summed E-state index contributed by atoms with van der Waals surface area (Å²) in [7, 11) is 0. The minimum absolute atomic E-state index is 0.0379. The van der Waals surface area contributed by atoms with Crippen LogP contribution >= 0.6 is 15.9 Å². The number of ether oxygens (including phenoxy) is 1. The second kappa shape index (κ2) is 4.26. The molecule has 0 unspecified atom stereocenters. The number of esters is 1. The van der Waals surface area contributed by atoms with Crippen molar-refractivity contribution >= 4 is 21.9 Å². The van der Waals surface area contributed by atoms with E-state index in [1.807, 2.05) is 0 Å². The molecule has 0 aliphatic rings. The molecule has 0 N–H and O–H groups in total. The third kappa shape index (κ3) is 2.74. The highest BCUT2D eigenvalue weighted by molar-refractivity contribution is 9.09. The van der Waals surface area contributed by atoms with E-state index in [0.29, 0.717) is 4.68 Å². The lowest BCUT2D eigenvalue weighted by atomic mass is 10.3. The fraction of sp³-hybridized carbons (Fsp3) is 0.500.